The fourth-order valence-electron chi connectivity index (χ4n) is 2.43. The summed E-state index contributed by atoms with van der Waals surface area (Å²) < 4.78 is 5.23. The highest BCUT2D eigenvalue weighted by Crippen LogP contribution is 2.29. The van der Waals surface area contributed by atoms with Gasteiger partial charge in [0.2, 0.25) is 0 Å². The molecule has 0 fully saturated rings. The van der Waals surface area contributed by atoms with Crippen LogP contribution in [0, 0.1) is 0 Å². The van der Waals surface area contributed by atoms with E-state index in [1.165, 1.54) is 5.56 Å². The Bertz CT molecular complexity index is 769. The van der Waals surface area contributed by atoms with Crippen LogP contribution in [0.3, 0.4) is 0 Å². The van der Waals surface area contributed by atoms with Gasteiger partial charge in [-0.05, 0) is 47.5 Å². The molecule has 0 aliphatic heterocycles. The first kappa shape index (κ1) is 14.6. The molecule has 112 valence electrons. The maximum absolute atomic E-state index is 9.42. The zero-order valence-electron chi connectivity index (χ0n) is 12.0. The molecule has 0 spiro atoms. The Kier molecular flexibility index (Phi) is 4.13. The molecule has 1 aliphatic carbocycles. The lowest BCUT2D eigenvalue weighted by Crippen LogP contribution is -2.21. The summed E-state index contributed by atoms with van der Waals surface area (Å²) in [5, 5.41) is 10.0. The van der Waals surface area contributed by atoms with Crippen LogP contribution in [0.15, 0.2) is 53.0 Å². The van der Waals surface area contributed by atoms with E-state index >= 15 is 0 Å². The van der Waals surface area contributed by atoms with Crippen LogP contribution in [-0.2, 0) is 6.42 Å². The van der Waals surface area contributed by atoms with Gasteiger partial charge < -0.3 is 4.74 Å². The predicted octanol–water partition coefficient (Wildman–Crippen LogP) is 4.00. The number of ether oxygens (including phenoxy) is 1. The van der Waals surface area contributed by atoms with Crippen molar-refractivity contribution in [2.75, 3.05) is 7.11 Å². The van der Waals surface area contributed by atoms with Crippen molar-refractivity contribution in [1.82, 2.24) is 5.48 Å². The second-order valence-electron chi connectivity index (χ2n) is 4.96. The lowest BCUT2D eigenvalue weighted by Gasteiger charge is -2.06. The quantitative estimate of drug-likeness (QED) is 0.511. The van der Waals surface area contributed by atoms with Crippen molar-refractivity contribution in [2.24, 2.45) is 4.99 Å². The third-order valence-corrected chi connectivity index (χ3v) is 3.76. The smallest absolute Gasteiger partial charge is 0.153 e. The second kappa shape index (κ2) is 6.22. The molecule has 0 atom stereocenters. The number of fused-ring (bicyclic) bond motifs is 1. The summed E-state index contributed by atoms with van der Waals surface area (Å²) in [6.07, 6.45) is 2.69. The highest BCUT2D eigenvalue weighted by Gasteiger charge is 2.17. The van der Waals surface area contributed by atoms with Gasteiger partial charge in [-0.3, -0.25) is 10.7 Å². The van der Waals surface area contributed by atoms with Crippen LogP contribution in [0.1, 0.15) is 11.1 Å². The molecule has 2 N–H and O–H groups in total. The van der Waals surface area contributed by atoms with Crippen molar-refractivity contribution < 1.29 is 9.94 Å². The van der Waals surface area contributed by atoms with Gasteiger partial charge in [0, 0.05) is 17.0 Å². The molecular formula is C17H15ClN2O2. The molecule has 0 aromatic heterocycles. The minimum Gasteiger partial charge on any atom is -0.497 e. The third kappa shape index (κ3) is 2.98. The molecule has 2 aromatic rings. The number of methoxy groups -OCH3 is 1. The van der Waals surface area contributed by atoms with Crippen LogP contribution >= 0.6 is 11.6 Å². The molecule has 0 saturated carbocycles. The van der Waals surface area contributed by atoms with E-state index in [2.05, 4.69) is 10.5 Å². The minimum atomic E-state index is 0.414. The van der Waals surface area contributed by atoms with E-state index < -0.39 is 0 Å². The number of rotatable bonds is 3. The number of nitrogens with one attached hydrogen (secondary N) is 1. The highest BCUT2D eigenvalue weighted by atomic mass is 35.5. The SMILES string of the molecule is COc1ccc2c(c1)C=C(C(=Nc1cccc(Cl)c1)NO)C2. The standard InChI is InChI=1S/C17H15ClN2O2/c1-22-16-6-5-11-7-13(8-12(11)9-16)17(20-21)19-15-4-2-3-14(18)10-15/h2-6,8-10,21H,7H2,1H3,(H,19,20). The van der Waals surface area contributed by atoms with Crippen LogP contribution in [0.25, 0.3) is 6.08 Å². The summed E-state index contributed by atoms with van der Waals surface area (Å²) in [4.78, 5) is 4.42. The van der Waals surface area contributed by atoms with Gasteiger partial charge in [-0.25, -0.2) is 4.99 Å². The molecule has 0 radical (unpaired) electrons. The summed E-state index contributed by atoms with van der Waals surface area (Å²) in [5.41, 5.74) is 6.01. The Morgan fingerprint density at radius 1 is 1.27 bits per heavy atom. The van der Waals surface area contributed by atoms with Crippen molar-refractivity contribution in [2.45, 2.75) is 6.42 Å². The molecular weight excluding hydrogens is 300 g/mol. The molecule has 3 rings (SSSR count). The van der Waals surface area contributed by atoms with E-state index in [0.29, 0.717) is 23.0 Å². The predicted molar refractivity (Wildman–Crippen MR) is 88.1 cm³/mol. The van der Waals surface area contributed by atoms with Gasteiger partial charge in [0.1, 0.15) is 5.75 Å². The van der Waals surface area contributed by atoms with Crippen molar-refractivity contribution in [3.8, 4) is 5.75 Å². The number of aliphatic imine (C=N–C) groups is 1. The van der Waals surface area contributed by atoms with Gasteiger partial charge in [0.15, 0.2) is 5.84 Å². The summed E-state index contributed by atoms with van der Waals surface area (Å²) in [7, 11) is 1.64. The van der Waals surface area contributed by atoms with Gasteiger partial charge in [-0.1, -0.05) is 23.7 Å². The molecule has 0 bridgehead atoms. The van der Waals surface area contributed by atoms with Crippen LogP contribution in [-0.4, -0.2) is 18.2 Å². The molecule has 0 heterocycles. The number of hydrogen-bond donors (Lipinski definition) is 2. The van der Waals surface area contributed by atoms with Crippen molar-refractivity contribution in [1.29, 1.82) is 0 Å². The number of amidine groups is 1. The summed E-state index contributed by atoms with van der Waals surface area (Å²) in [6, 6.07) is 13.1. The monoisotopic (exact) mass is 314 g/mol. The maximum atomic E-state index is 9.42. The van der Waals surface area contributed by atoms with Crippen LogP contribution < -0.4 is 10.2 Å². The van der Waals surface area contributed by atoms with E-state index in [-0.39, 0.29) is 0 Å². The van der Waals surface area contributed by atoms with Crippen LogP contribution in [0.5, 0.6) is 5.75 Å². The molecule has 0 amide bonds. The highest BCUT2D eigenvalue weighted by molar-refractivity contribution is 6.30. The van der Waals surface area contributed by atoms with Crippen LogP contribution in [0.4, 0.5) is 5.69 Å². The number of hydrogen-bond acceptors (Lipinski definition) is 3. The molecule has 4 nitrogen and oxygen atoms in total. The number of halogens is 1. The molecule has 5 heteroatoms. The second-order valence-corrected chi connectivity index (χ2v) is 5.40. The average molecular weight is 315 g/mol. The lowest BCUT2D eigenvalue weighted by molar-refractivity contribution is 0.235. The lowest BCUT2D eigenvalue weighted by atomic mass is 10.1. The Hall–Kier alpha value is -2.30. The van der Waals surface area contributed by atoms with E-state index in [1.807, 2.05) is 36.4 Å². The summed E-state index contributed by atoms with van der Waals surface area (Å²) >= 11 is 5.96. The van der Waals surface area contributed by atoms with Gasteiger partial charge in [0.05, 0.1) is 12.8 Å². The van der Waals surface area contributed by atoms with E-state index in [4.69, 9.17) is 16.3 Å². The number of nitrogens with zero attached hydrogens (tertiary/aromatic N) is 1. The first-order valence-corrected chi connectivity index (χ1v) is 7.19. The van der Waals surface area contributed by atoms with E-state index in [9.17, 15) is 5.21 Å². The topological polar surface area (TPSA) is 53.8 Å². The van der Waals surface area contributed by atoms with E-state index in [1.54, 1.807) is 19.2 Å². The normalized spacial score (nSPS) is 13.6. The molecule has 1 aliphatic rings. The van der Waals surface area contributed by atoms with E-state index in [0.717, 1.165) is 16.9 Å². The minimum absolute atomic E-state index is 0.414. The molecule has 2 aromatic carbocycles. The first-order valence-electron chi connectivity index (χ1n) is 6.82. The van der Waals surface area contributed by atoms with Crippen LogP contribution in [0.2, 0.25) is 5.02 Å². The molecule has 0 saturated heterocycles. The van der Waals surface area contributed by atoms with Crippen molar-refractivity contribution in [3.63, 3.8) is 0 Å². The fraction of sp³-hybridized carbons (Fsp3) is 0.118. The molecule has 0 unspecified atom stereocenters. The first-order chi connectivity index (χ1) is 10.7. The summed E-state index contributed by atoms with van der Waals surface area (Å²) in [6.45, 7) is 0. The Morgan fingerprint density at radius 3 is 2.86 bits per heavy atom. The van der Waals surface area contributed by atoms with Gasteiger partial charge >= 0.3 is 0 Å². The van der Waals surface area contributed by atoms with Crippen molar-refractivity contribution >= 4 is 29.2 Å². The Balaban J connectivity index is 1.92. The fourth-order valence-corrected chi connectivity index (χ4v) is 2.62. The Morgan fingerprint density at radius 2 is 2.14 bits per heavy atom. The zero-order chi connectivity index (χ0) is 15.5. The van der Waals surface area contributed by atoms with Gasteiger partial charge in [-0.15, -0.1) is 0 Å². The van der Waals surface area contributed by atoms with Gasteiger partial charge in [-0.2, -0.15) is 0 Å². The maximum Gasteiger partial charge on any atom is 0.153 e. The largest absolute Gasteiger partial charge is 0.497 e. The van der Waals surface area contributed by atoms with Crippen molar-refractivity contribution in [3.05, 3.63) is 64.2 Å². The zero-order valence-corrected chi connectivity index (χ0v) is 12.8. The summed E-state index contributed by atoms with van der Waals surface area (Å²) in [5.74, 6) is 1.22. The third-order valence-electron chi connectivity index (χ3n) is 3.52. The average Bonchev–Trinajstić information content (AvgIpc) is 2.95. The number of hydroxylamine groups is 1. The van der Waals surface area contributed by atoms with Gasteiger partial charge in [0.25, 0.3) is 0 Å². The Labute approximate surface area is 133 Å². The molecule has 22 heavy (non-hydrogen) atoms. The number of benzene rings is 2.